The van der Waals surface area contributed by atoms with Gasteiger partial charge < -0.3 is 20.1 Å². The zero-order valence-electron chi connectivity index (χ0n) is 10.1. The molecule has 0 aliphatic carbocycles. The molecule has 1 rings (SSSR count). The van der Waals surface area contributed by atoms with Crippen LogP contribution in [-0.2, 0) is 9.53 Å². The zero-order valence-corrected chi connectivity index (χ0v) is 10.1. The van der Waals surface area contributed by atoms with Gasteiger partial charge >= 0.3 is 12.0 Å². The Kier molecular flexibility index (Phi) is 4.96. The fourth-order valence-electron chi connectivity index (χ4n) is 1.55. The summed E-state index contributed by atoms with van der Waals surface area (Å²) in [5.74, 6) is -1.04. The maximum absolute atomic E-state index is 11.7. The highest BCUT2D eigenvalue weighted by Crippen LogP contribution is 2.10. The lowest BCUT2D eigenvalue weighted by atomic mass is 10.1. The first-order valence-corrected chi connectivity index (χ1v) is 5.49. The first-order chi connectivity index (χ1) is 8.04. The van der Waals surface area contributed by atoms with Crippen LogP contribution in [0, 0.1) is 0 Å². The summed E-state index contributed by atoms with van der Waals surface area (Å²) in [6.07, 6.45) is 2.71. The molecule has 0 saturated carbocycles. The number of hydrogen-bond donors (Lipinski definition) is 2. The smallest absolute Gasteiger partial charge is 0.325 e. The number of carboxylic acids is 1. The van der Waals surface area contributed by atoms with Crippen LogP contribution in [0.5, 0.6) is 0 Å². The van der Waals surface area contributed by atoms with Crippen molar-refractivity contribution in [3.05, 3.63) is 11.6 Å². The molecule has 17 heavy (non-hydrogen) atoms. The van der Waals surface area contributed by atoms with Crippen LogP contribution in [0.25, 0.3) is 0 Å². The largest absolute Gasteiger partial charge is 0.480 e. The molecule has 2 amide bonds. The van der Waals surface area contributed by atoms with Gasteiger partial charge in [-0.05, 0) is 18.9 Å². The average molecular weight is 242 g/mol. The van der Waals surface area contributed by atoms with Crippen molar-refractivity contribution in [1.29, 1.82) is 0 Å². The van der Waals surface area contributed by atoms with E-state index in [1.54, 1.807) is 12.0 Å². The molecule has 0 aromatic carbocycles. The number of carbonyl (C=O) groups is 2. The summed E-state index contributed by atoms with van der Waals surface area (Å²) < 4.78 is 5.01. The van der Waals surface area contributed by atoms with E-state index in [1.165, 1.54) is 12.5 Å². The zero-order chi connectivity index (χ0) is 12.8. The maximum atomic E-state index is 11.7. The standard InChI is InChI=1S/C11H18N2O4/c1-8(10(14)15)12-11(16)13-5-3-9(4-6-13)7-17-2/h3,8H,4-7H2,1-2H3,(H,12,16)(H,14,15). The van der Waals surface area contributed by atoms with E-state index in [1.807, 2.05) is 6.08 Å². The predicted molar refractivity (Wildman–Crippen MR) is 61.8 cm³/mol. The van der Waals surface area contributed by atoms with E-state index in [0.29, 0.717) is 19.7 Å². The number of carbonyl (C=O) groups excluding carboxylic acids is 1. The second-order valence-electron chi connectivity index (χ2n) is 4.00. The summed E-state index contributed by atoms with van der Waals surface area (Å²) in [5.41, 5.74) is 1.17. The molecular weight excluding hydrogens is 224 g/mol. The van der Waals surface area contributed by atoms with E-state index in [4.69, 9.17) is 9.84 Å². The molecule has 1 unspecified atom stereocenters. The van der Waals surface area contributed by atoms with Crippen LogP contribution in [0.3, 0.4) is 0 Å². The lowest BCUT2D eigenvalue weighted by molar-refractivity contribution is -0.138. The quantitative estimate of drug-likeness (QED) is 0.701. The van der Waals surface area contributed by atoms with E-state index in [-0.39, 0.29) is 6.03 Å². The highest BCUT2D eigenvalue weighted by atomic mass is 16.5. The highest BCUT2D eigenvalue weighted by molar-refractivity contribution is 5.82. The van der Waals surface area contributed by atoms with Crippen molar-refractivity contribution < 1.29 is 19.4 Å². The second-order valence-corrected chi connectivity index (χ2v) is 4.00. The van der Waals surface area contributed by atoms with Crippen LogP contribution in [-0.4, -0.2) is 54.9 Å². The van der Waals surface area contributed by atoms with Crippen LogP contribution in [0.1, 0.15) is 13.3 Å². The van der Waals surface area contributed by atoms with E-state index in [2.05, 4.69) is 5.32 Å². The number of methoxy groups -OCH3 is 1. The van der Waals surface area contributed by atoms with Gasteiger partial charge in [0.05, 0.1) is 6.61 Å². The van der Waals surface area contributed by atoms with Crippen molar-refractivity contribution in [3.8, 4) is 0 Å². The van der Waals surface area contributed by atoms with Crippen molar-refractivity contribution in [3.63, 3.8) is 0 Å². The number of hydrogen-bond acceptors (Lipinski definition) is 3. The minimum absolute atomic E-state index is 0.340. The Morgan fingerprint density at radius 3 is 2.82 bits per heavy atom. The van der Waals surface area contributed by atoms with E-state index in [9.17, 15) is 9.59 Å². The third-order valence-electron chi connectivity index (χ3n) is 2.63. The third kappa shape index (κ3) is 4.07. The first-order valence-electron chi connectivity index (χ1n) is 5.49. The summed E-state index contributed by atoms with van der Waals surface area (Å²) in [4.78, 5) is 23.8. The number of nitrogens with zero attached hydrogens (tertiary/aromatic N) is 1. The van der Waals surface area contributed by atoms with Gasteiger partial charge in [-0.3, -0.25) is 4.79 Å². The van der Waals surface area contributed by atoms with Crippen molar-refractivity contribution >= 4 is 12.0 Å². The third-order valence-corrected chi connectivity index (χ3v) is 2.63. The molecular formula is C11H18N2O4. The Hall–Kier alpha value is -1.56. The summed E-state index contributed by atoms with van der Waals surface area (Å²) in [7, 11) is 1.63. The Labute approximate surface area is 100 Å². The first kappa shape index (κ1) is 13.5. The molecule has 96 valence electrons. The van der Waals surface area contributed by atoms with Crippen LogP contribution in [0.4, 0.5) is 4.79 Å². The van der Waals surface area contributed by atoms with E-state index >= 15 is 0 Å². The lowest BCUT2D eigenvalue weighted by Crippen LogP contribution is -2.48. The number of aliphatic carboxylic acids is 1. The van der Waals surface area contributed by atoms with E-state index < -0.39 is 12.0 Å². The van der Waals surface area contributed by atoms with Gasteiger partial charge in [0.1, 0.15) is 6.04 Å². The average Bonchev–Trinajstić information content (AvgIpc) is 2.30. The molecule has 1 aliphatic heterocycles. The molecule has 0 aromatic heterocycles. The van der Waals surface area contributed by atoms with Crippen LogP contribution in [0.15, 0.2) is 11.6 Å². The highest BCUT2D eigenvalue weighted by Gasteiger charge is 2.20. The minimum atomic E-state index is -1.04. The molecule has 0 aromatic rings. The Morgan fingerprint density at radius 2 is 2.35 bits per heavy atom. The number of carboxylic acid groups (broad SMARTS) is 1. The molecule has 1 aliphatic rings. The molecule has 6 heteroatoms. The number of rotatable bonds is 4. The SMILES string of the molecule is COCC1=CCN(C(=O)NC(C)C(=O)O)CC1. The molecule has 0 spiro atoms. The fourth-order valence-corrected chi connectivity index (χ4v) is 1.55. The fraction of sp³-hybridized carbons (Fsp3) is 0.636. The molecule has 1 heterocycles. The molecule has 0 radical (unpaired) electrons. The van der Waals surface area contributed by atoms with Crippen molar-refractivity contribution in [2.45, 2.75) is 19.4 Å². The molecule has 0 fully saturated rings. The van der Waals surface area contributed by atoms with Crippen molar-refractivity contribution in [1.82, 2.24) is 10.2 Å². The number of urea groups is 1. The monoisotopic (exact) mass is 242 g/mol. The van der Waals surface area contributed by atoms with Gasteiger partial charge in [-0.1, -0.05) is 6.08 Å². The van der Waals surface area contributed by atoms with Gasteiger partial charge in [0.25, 0.3) is 0 Å². The number of nitrogens with one attached hydrogen (secondary N) is 1. The Morgan fingerprint density at radius 1 is 1.65 bits per heavy atom. The van der Waals surface area contributed by atoms with Gasteiger partial charge in [0.2, 0.25) is 0 Å². The van der Waals surface area contributed by atoms with Crippen LogP contribution < -0.4 is 5.32 Å². The number of amides is 2. The second kappa shape index (κ2) is 6.24. The molecule has 0 bridgehead atoms. The van der Waals surface area contributed by atoms with Crippen molar-refractivity contribution in [2.24, 2.45) is 0 Å². The normalized spacial score (nSPS) is 17.3. The summed E-state index contributed by atoms with van der Waals surface area (Å²) in [6.45, 7) is 3.11. The van der Waals surface area contributed by atoms with Gasteiger partial charge in [0.15, 0.2) is 0 Å². The lowest BCUT2D eigenvalue weighted by Gasteiger charge is -2.27. The van der Waals surface area contributed by atoms with Gasteiger partial charge in [-0.15, -0.1) is 0 Å². The van der Waals surface area contributed by atoms with E-state index in [0.717, 1.165) is 6.42 Å². The van der Waals surface area contributed by atoms with Gasteiger partial charge in [0, 0.05) is 20.2 Å². The van der Waals surface area contributed by atoms with Gasteiger partial charge in [-0.2, -0.15) is 0 Å². The van der Waals surface area contributed by atoms with Crippen LogP contribution in [0.2, 0.25) is 0 Å². The van der Waals surface area contributed by atoms with Crippen molar-refractivity contribution in [2.75, 3.05) is 26.8 Å². The molecule has 6 nitrogen and oxygen atoms in total. The molecule has 2 N–H and O–H groups in total. The number of ether oxygens (including phenoxy) is 1. The summed E-state index contributed by atoms with van der Waals surface area (Å²) in [6, 6.07) is -1.21. The Balaban J connectivity index is 2.43. The summed E-state index contributed by atoms with van der Waals surface area (Å²) >= 11 is 0. The van der Waals surface area contributed by atoms with Gasteiger partial charge in [-0.25, -0.2) is 4.79 Å². The van der Waals surface area contributed by atoms with Crippen LogP contribution >= 0.6 is 0 Å². The predicted octanol–water partition coefficient (Wildman–Crippen LogP) is 0.448. The topological polar surface area (TPSA) is 78.9 Å². The maximum Gasteiger partial charge on any atom is 0.325 e. The molecule has 0 saturated heterocycles. The molecule has 1 atom stereocenters. The Bertz CT molecular complexity index is 327. The minimum Gasteiger partial charge on any atom is -0.480 e. The summed E-state index contributed by atoms with van der Waals surface area (Å²) in [5, 5.41) is 11.1.